The summed E-state index contributed by atoms with van der Waals surface area (Å²) in [5.74, 6) is 0.642. The minimum atomic E-state index is 0.0466. The third-order valence-electron chi connectivity index (χ3n) is 4.28. The molecule has 0 amide bonds. The molecule has 0 spiro atoms. The van der Waals surface area contributed by atoms with Gasteiger partial charge in [-0.3, -0.25) is 9.78 Å². The Labute approximate surface area is 127 Å². The Morgan fingerprint density at radius 2 is 1.95 bits per heavy atom. The first-order valence-corrected chi connectivity index (χ1v) is 8.32. The molecule has 1 aliphatic carbocycles. The molecule has 21 heavy (non-hydrogen) atoms. The van der Waals surface area contributed by atoms with Crippen molar-refractivity contribution in [3.8, 4) is 0 Å². The van der Waals surface area contributed by atoms with Gasteiger partial charge in [-0.25, -0.2) is 4.98 Å². The van der Waals surface area contributed by atoms with E-state index in [1.807, 2.05) is 0 Å². The first-order valence-electron chi connectivity index (χ1n) is 8.32. The second-order valence-corrected chi connectivity index (χ2v) is 5.71. The van der Waals surface area contributed by atoms with E-state index >= 15 is 0 Å². The number of rotatable bonds is 8. The quantitative estimate of drug-likeness (QED) is 0.721. The van der Waals surface area contributed by atoms with Crippen LogP contribution in [-0.2, 0) is 12.8 Å². The van der Waals surface area contributed by atoms with Crippen LogP contribution in [0, 0.1) is 0 Å². The predicted molar refractivity (Wildman–Crippen MR) is 87.0 cm³/mol. The van der Waals surface area contributed by atoms with Crippen LogP contribution in [-0.4, -0.2) is 41.0 Å². The van der Waals surface area contributed by atoms with Gasteiger partial charge in [-0.05, 0) is 58.2 Å². The van der Waals surface area contributed by atoms with Gasteiger partial charge in [0.15, 0.2) is 0 Å². The smallest absolute Gasteiger partial charge is 0.255 e. The van der Waals surface area contributed by atoms with E-state index in [1.54, 1.807) is 0 Å². The SMILES string of the molecule is CCN(CC)CCCCNc1nc2c(c(=O)[nH]1)CCCC2. The first kappa shape index (κ1) is 16.0. The van der Waals surface area contributed by atoms with Crippen molar-refractivity contribution in [2.24, 2.45) is 0 Å². The van der Waals surface area contributed by atoms with Gasteiger partial charge in [0, 0.05) is 12.1 Å². The second kappa shape index (κ2) is 8.17. The lowest BCUT2D eigenvalue weighted by Crippen LogP contribution is -2.25. The van der Waals surface area contributed by atoms with Gasteiger partial charge in [0.1, 0.15) is 0 Å². The number of hydrogen-bond donors (Lipinski definition) is 2. The molecule has 0 aromatic carbocycles. The number of hydrogen-bond acceptors (Lipinski definition) is 4. The van der Waals surface area contributed by atoms with E-state index in [4.69, 9.17) is 0 Å². The van der Waals surface area contributed by atoms with Gasteiger partial charge in [0.25, 0.3) is 5.56 Å². The van der Waals surface area contributed by atoms with Gasteiger partial charge in [-0.15, -0.1) is 0 Å². The second-order valence-electron chi connectivity index (χ2n) is 5.71. The summed E-state index contributed by atoms with van der Waals surface area (Å²) in [6.45, 7) is 8.63. The van der Waals surface area contributed by atoms with E-state index in [2.05, 4.69) is 34.0 Å². The van der Waals surface area contributed by atoms with Crippen LogP contribution in [0.3, 0.4) is 0 Å². The summed E-state index contributed by atoms with van der Waals surface area (Å²) in [6.07, 6.45) is 6.33. The maximum absolute atomic E-state index is 12.0. The molecule has 0 radical (unpaired) electrons. The molecule has 0 saturated heterocycles. The standard InChI is InChI=1S/C16H28N4O/c1-3-20(4-2)12-8-7-11-17-16-18-14-10-6-5-9-13(14)15(21)19-16/h3-12H2,1-2H3,(H2,17,18,19,21). The Bertz CT molecular complexity index is 494. The number of anilines is 1. The molecule has 1 aromatic heterocycles. The third-order valence-corrected chi connectivity index (χ3v) is 4.28. The van der Waals surface area contributed by atoms with Crippen molar-refractivity contribution in [3.63, 3.8) is 0 Å². The summed E-state index contributed by atoms with van der Waals surface area (Å²) in [5.41, 5.74) is 1.94. The molecule has 5 nitrogen and oxygen atoms in total. The molecule has 5 heteroatoms. The highest BCUT2D eigenvalue weighted by Crippen LogP contribution is 2.16. The average molecular weight is 292 g/mol. The lowest BCUT2D eigenvalue weighted by Gasteiger charge is -2.18. The highest BCUT2D eigenvalue weighted by atomic mass is 16.1. The summed E-state index contributed by atoms with van der Waals surface area (Å²) < 4.78 is 0. The minimum absolute atomic E-state index is 0.0466. The van der Waals surface area contributed by atoms with Gasteiger partial charge in [0.05, 0.1) is 5.69 Å². The lowest BCUT2D eigenvalue weighted by molar-refractivity contribution is 0.298. The number of aryl methyl sites for hydroxylation is 1. The van der Waals surface area contributed by atoms with Gasteiger partial charge < -0.3 is 10.2 Å². The zero-order valence-corrected chi connectivity index (χ0v) is 13.4. The van der Waals surface area contributed by atoms with Gasteiger partial charge >= 0.3 is 0 Å². The van der Waals surface area contributed by atoms with Crippen LogP contribution in [0.25, 0.3) is 0 Å². The molecule has 0 saturated carbocycles. The van der Waals surface area contributed by atoms with Crippen molar-refractivity contribution in [1.82, 2.24) is 14.9 Å². The molecule has 1 aromatic rings. The monoisotopic (exact) mass is 292 g/mol. The maximum Gasteiger partial charge on any atom is 0.255 e. The normalized spacial score (nSPS) is 14.2. The van der Waals surface area contributed by atoms with Crippen LogP contribution in [0.5, 0.6) is 0 Å². The molecule has 1 aliphatic rings. The zero-order valence-electron chi connectivity index (χ0n) is 13.4. The Hall–Kier alpha value is -1.36. The van der Waals surface area contributed by atoms with E-state index in [-0.39, 0.29) is 5.56 Å². The summed E-state index contributed by atoms with van der Waals surface area (Å²) in [5, 5.41) is 3.26. The lowest BCUT2D eigenvalue weighted by atomic mass is 9.97. The number of nitrogens with zero attached hydrogens (tertiary/aromatic N) is 2. The highest BCUT2D eigenvalue weighted by Gasteiger charge is 2.15. The number of aromatic amines is 1. The van der Waals surface area contributed by atoms with Gasteiger partial charge in [-0.2, -0.15) is 0 Å². The molecular formula is C16H28N4O. The minimum Gasteiger partial charge on any atom is -0.356 e. The largest absolute Gasteiger partial charge is 0.356 e. The van der Waals surface area contributed by atoms with E-state index in [1.165, 1.54) is 6.42 Å². The van der Waals surface area contributed by atoms with Gasteiger partial charge in [0.2, 0.25) is 5.95 Å². The molecule has 0 atom stereocenters. The van der Waals surface area contributed by atoms with Crippen molar-refractivity contribution in [2.45, 2.75) is 52.4 Å². The molecule has 0 aliphatic heterocycles. The fourth-order valence-electron chi connectivity index (χ4n) is 2.89. The maximum atomic E-state index is 12.0. The van der Waals surface area contributed by atoms with Crippen molar-refractivity contribution < 1.29 is 0 Å². The molecule has 118 valence electrons. The van der Waals surface area contributed by atoms with Gasteiger partial charge in [-0.1, -0.05) is 13.8 Å². The van der Waals surface area contributed by atoms with Crippen molar-refractivity contribution in [3.05, 3.63) is 21.6 Å². The third kappa shape index (κ3) is 4.56. The van der Waals surface area contributed by atoms with Crippen LogP contribution in [0.4, 0.5) is 5.95 Å². The Balaban J connectivity index is 1.79. The number of aromatic nitrogens is 2. The van der Waals surface area contributed by atoms with E-state index in [0.29, 0.717) is 5.95 Å². The average Bonchev–Trinajstić information content (AvgIpc) is 2.51. The summed E-state index contributed by atoms with van der Waals surface area (Å²) in [7, 11) is 0. The van der Waals surface area contributed by atoms with Crippen molar-refractivity contribution in [1.29, 1.82) is 0 Å². The highest BCUT2D eigenvalue weighted by molar-refractivity contribution is 5.30. The number of nitrogens with one attached hydrogen (secondary N) is 2. The fraction of sp³-hybridized carbons (Fsp3) is 0.750. The summed E-state index contributed by atoms with van der Waals surface area (Å²) in [6, 6.07) is 0. The molecule has 1 heterocycles. The molecular weight excluding hydrogens is 264 g/mol. The molecule has 0 bridgehead atoms. The van der Waals surface area contributed by atoms with E-state index < -0.39 is 0 Å². The molecule has 0 fully saturated rings. The van der Waals surface area contributed by atoms with Crippen LogP contribution in [0.15, 0.2) is 4.79 Å². The predicted octanol–water partition coefficient (Wildman–Crippen LogP) is 2.18. The van der Waals surface area contributed by atoms with E-state index in [0.717, 1.165) is 69.5 Å². The number of fused-ring (bicyclic) bond motifs is 1. The van der Waals surface area contributed by atoms with Crippen molar-refractivity contribution >= 4 is 5.95 Å². The summed E-state index contributed by atoms with van der Waals surface area (Å²) >= 11 is 0. The Morgan fingerprint density at radius 3 is 2.71 bits per heavy atom. The Morgan fingerprint density at radius 1 is 1.19 bits per heavy atom. The van der Waals surface area contributed by atoms with Crippen LogP contribution >= 0.6 is 0 Å². The zero-order chi connectivity index (χ0) is 15.1. The topological polar surface area (TPSA) is 61.0 Å². The fourth-order valence-corrected chi connectivity index (χ4v) is 2.89. The Kier molecular flexibility index (Phi) is 6.23. The molecule has 0 unspecified atom stereocenters. The van der Waals surface area contributed by atoms with Crippen molar-refractivity contribution in [2.75, 3.05) is 31.5 Å². The molecule has 2 N–H and O–H groups in total. The number of H-pyrrole nitrogens is 1. The van der Waals surface area contributed by atoms with E-state index in [9.17, 15) is 4.79 Å². The van der Waals surface area contributed by atoms with Crippen LogP contribution < -0.4 is 10.9 Å². The molecule has 2 rings (SSSR count). The van der Waals surface area contributed by atoms with Crippen LogP contribution in [0.2, 0.25) is 0 Å². The van der Waals surface area contributed by atoms with Crippen LogP contribution in [0.1, 0.15) is 50.8 Å². The summed E-state index contributed by atoms with van der Waals surface area (Å²) in [4.78, 5) is 21.9. The number of unbranched alkanes of at least 4 members (excludes halogenated alkanes) is 1. The first-order chi connectivity index (χ1) is 10.2.